The SMILES string of the molecule is CN(C)C(=O)n1c(C(=O)N2CCCCC2)cc2c1c1ccccc1n2CC1CC1. The number of likely N-dealkylation sites (tertiary alicyclic amines) is 1. The number of fused-ring (bicyclic) bond motifs is 3. The Bertz CT molecular complexity index is 1100. The highest BCUT2D eigenvalue weighted by Crippen LogP contribution is 2.37. The lowest BCUT2D eigenvalue weighted by Crippen LogP contribution is -2.38. The molecule has 1 saturated carbocycles. The summed E-state index contributed by atoms with van der Waals surface area (Å²) in [6.07, 6.45) is 5.74. The first kappa shape index (κ1) is 18.3. The summed E-state index contributed by atoms with van der Waals surface area (Å²) in [5.74, 6) is 0.668. The van der Waals surface area contributed by atoms with E-state index in [1.165, 1.54) is 19.3 Å². The van der Waals surface area contributed by atoms with Gasteiger partial charge in [0.25, 0.3) is 5.91 Å². The average molecular weight is 393 g/mol. The van der Waals surface area contributed by atoms with Gasteiger partial charge in [0.1, 0.15) is 5.69 Å². The highest BCUT2D eigenvalue weighted by molar-refractivity contribution is 6.14. The quantitative estimate of drug-likeness (QED) is 0.672. The van der Waals surface area contributed by atoms with E-state index in [1.807, 2.05) is 23.1 Å². The number of amides is 2. The third kappa shape index (κ3) is 3.02. The summed E-state index contributed by atoms with van der Waals surface area (Å²) >= 11 is 0. The van der Waals surface area contributed by atoms with E-state index in [-0.39, 0.29) is 11.9 Å². The van der Waals surface area contributed by atoms with Gasteiger partial charge in [-0.15, -0.1) is 0 Å². The molecule has 0 spiro atoms. The van der Waals surface area contributed by atoms with Crippen molar-refractivity contribution in [2.75, 3.05) is 27.2 Å². The molecule has 6 heteroatoms. The maximum absolute atomic E-state index is 13.4. The fraction of sp³-hybridized carbons (Fsp3) is 0.478. The Hall–Kier alpha value is -2.76. The van der Waals surface area contributed by atoms with Crippen LogP contribution in [-0.2, 0) is 6.54 Å². The van der Waals surface area contributed by atoms with Crippen LogP contribution in [0.25, 0.3) is 21.9 Å². The predicted molar refractivity (Wildman–Crippen MR) is 114 cm³/mol. The number of hydrogen-bond acceptors (Lipinski definition) is 2. The van der Waals surface area contributed by atoms with E-state index in [0.29, 0.717) is 11.6 Å². The van der Waals surface area contributed by atoms with Gasteiger partial charge in [-0.25, -0.2) is 4.79 Å². The summed E-state index contributed by atoms with van der Waals surface area (Å²) in [6, 6.07) is 10.0. The van der Waals surface area contributed by atoms with Crippen LogP contribution in [0, 0.1) is 5.92 Å². The Morgan fingerprint density at radius 2 is 1.76 bits per heavy atom. The Morgan fingerprint density at radius 1 is 1.03 bits per heavy atom. The van der Waals surface area contributed by atoms with Crippen LogP contribution in [0.4, 0.5) is 4.79 Å². The van der Waals surface area contributed by atoms with Crippen LogP contribution >= 0.6 is 0 Å². The molecule has 0 N–H and O–H groups in total. The van der Waals surface area contributed by atoms with Crippen LogP contribution in [0.3, 0.4) is 0 Å². The second kappa shape index (κ2) is 6.94. The molecule has 0 unspecified atom stereocenters. The Balaban J connectivity index is 1.75. The van der Waals surface area contributed by atoms with Gasteiger partial charge in [-0.2, -0.15) is 0 Å². The zero-order valence-electron chi connectivity index (χ0n) is 17.2. The summed E-state index contributed by atoms with van der Waals surface area (Å²) in [5.41, 5.74) is 3.49. The number of piperidine rings is 1. The largest absolute Gasteiger partial charge is 0.339 e. The standard InChI is InChI=1S/C23H28N4O2/c1-24(2)23(29)27-20(22(28)25-12-6-3-7-13-25)14-19-21(27)17-8-4-5-9-18(17)26(19)15-16-10-11-16/h4-5,8-9,14,16H,3,6-7,10-13,15H2,1-2H3. The summed E-state index contributed by atoms with van der Waals surface area (Å²) in [5, 5.41) is 1.04. The molecule has 0 bridgehead atoms. The molecule has 1 saturated heterocycles. The molecule has 3 aromatic rings. The highest BCUT2D eigenvalue weighted by Gasteiger charge is 2.30. The molecule has 0 atom stereocenters. The van der Waals surface area contributed by atoms with Gasteiger partial charge >= 0.3 is 6.03 Å². The molecule has 6 nitrogen and oxygen atoms in total. The van der Waals surface area contributed by atoms with E-state index in [4.69, 9.17) is 0 Å². The summed E-state index contributed by atoms with van der Waals surface area (Å²) in [7, 11) is 3.49. The first-order chi connectivity index (χ1) is 14.1. The van der Waals surface area contributed by atoms with Gasteiger partial charge in [-0.05, 0) is 50.2 Å². The fourth-order valence-corrected chi connectivity index (χ4v) is 4.57. The number of aromatic nitrogens is 2. The normalized spacial score (nSPS) is 17.2. The number of carbonyl (C=O) groups excluding carboxylic acids is 2. The Morgan fingerprint density at radius 3 is 2.45 bits per heavy atom. The van der Waals surface area contributed by atoms with Gasteiger partial charge in [-0.3, -0.25) is 9.36 Å². The maximum Gasteiger partial charge on any atom is 0.328 e. The molecule has 1 aliphatic heterocycles. The van der Waals surface area contributed by atoms with E-state index in [1.54, 1.807) is 23.6 Å². The van der Waals surface area contributed by atoms with Crippen molar-refractivity contribution in [2.45, 2.75) is 38.6 Å². The van der Waals surface area contributed by atoms with E-state index in [9.17, 15) is 9.59 Å². The van der Waals surface area contributed by atoms with Crippen molar-refractivity contribution in [3.05, 3.63) is 36.0 Å². The smallest absolute Gasteiger partial charge is 0.328 e. The lowest BCUT2D eigenvalue weighted by molar-refractivity contribution is 0.0714. The van der Waals surface area contributed by atoms with E-state index < -0.39 is 0 Å². The van der Waals surface area contributed by atoms with Crippen molar-refractivity contribution in [1.29, 1.82) is 0 Å². The number of benzene rings is 1. The van der Waals surface area contributed by atoms with Gasteiger partial charge in [-0.1, -0.05) is 18.2 Å². The first-order valence-corrected chi connectivity index (χ1v) is 10.7. The molecule has 1 aromatic carbocycles. The molecule has 2 aromatic heterocycles. The fourth-order valence-electron chi connectivity index (χ4n) is 4.57. The van der Waals surface area contributed by atoms with E-state index in [2.05, 4.69) is 16.7 Å². The molecule has 2 amide bonds. The van der Waals surface area contributed by atoms with Crippen molar-refractivity contribution in [1.82, 2.24) is 18.9 Å². The molecule has 0 radical (unpaired) electrons. The minimum atomic E-state index is -0.172. The molecule has 29 heavy (non-hydrogen) atoms. The molecular formula is C23H28N4O2. The number of carbonyl (C=O) groups is 2. The van der Waals surface area contributed by atoms with Crippen LogP contribution < -0.4 is 0 Å². The average Bonchev–Trinajstić information content (AvgIpc) is 3.41. The van der Waals surface area contributed by atoms with Crippen molar-refractivity contribution < 1.29 is 9.59 Å². The third-order valence-corrected chi connectivity index (χ3v) is 6.30. The van der Waals surface area contributed by atoms with Crippen molar-refractivity contribution in [3.63, 3.8) is 0 Å². The van der Waals surface area contributed by atoms with Crippen LogP contribution in [0.2, 0.25) is 0 Å². The van der Waals surface area contributed by atoms with Gasteiger partial charge in [0.15, 0.2) is 0 Å². The molecule has 5 rings (SSSR count). The van der Waals surface area contributed by atoms with Crippen LogP contribution in [0.1, 0.15) is 42.6 Å². The molecule has 152 valence electrons. The second-order valence-corrected chi connectivity index (χ2v) is 8.70. The van der Waals surface area contributed by atoms with Crippen LogP contribution in [0.15, 0.2) is 30.3 Å². The molecule has 1 aliphatic carbocycles. The van der Waals surface area contributed by atoms with Gasteiger partial charge in [0, 0.05) is 39.1 Å². The second-order valence-electron chi connectivity index (χ2n) is 8.70. The monoisotopic (exact) mass is 392 g/mol. The number of rotatable bonds is 3. The van der Waals surface area contributed by atoms with Gasteiger partial charge in [0.2, 0.25) is 0 Å². The molecule has 2 fully saturated rings. The first-order valence-electron chi connectivity index (χ1n) is 10.7. The minimum Gasteiger partial charge on any atom is -0.339 e. The zero-order valence-corrected chi connectivity index (χ0v) is 17.2. The summed E-state index contributed by atoms with van der Waals surface area (Å²) in [4.78, 5) is 30.1. The third-order valence-electron chi connectivity index (χ3n) is 6.30. The van der Waals surface area contributed by atoms with Crippen molar-refractivity contribution in [3.8, 4) is 0 Å². The molecule has 3 heterocycles. The minimum absolute atomic E-state index is 0.0295. The van der Waals surface area contributed by atoms with Crippen LogP contribution in [-0.4, -0.2) is 58.1 Å². The van der Waals surface area contributed by atoms with Crippen molar-refractivity contribution >= 4 is 33.9 Å². The lowest BCUT2D eigenvalue weighted by Gasteiger charge is -2.27. The number of nitrogens with zero attached hydrogens (tertiary/aromatic N) is 4. The van der Waals surface area contributed by atoms with Gasteiger partial charge in [0.05, 0.1) is 16.6 Å². The maximum atomic E-state index is 13.4. The summed E-state index contributed by atoms with van der Waals surface area (Å²) < 4.78 is 3.97. The highest BCUT2D eigenvalue weighted by atomic mass is 16.2. The van der Waals surface area contributed by atoms with E-state index >= 15 is 0 Å². The zero-order chi connectivity index (χ0) is 20.1. The van der Waals surface area contributed by atoms with Gasteiger partial charge < -0.3 is 14.4 Å². The molecule has 2 aliphatic rings. The topological polar surface area (TPSA) is 50.5 Å². The number of para-hydroxylation sites is 1. The Kier molecular flexibility index (Phi) is 4.37. The predicted octanol–water partition coefficient (Wildman–Crippen LogP) is 4.16. The van der Waals surface area contributed by atoms with Crippen LogP contribution in [0.5, 0.6) is 0 Å². The van der Waals surface area contributed by atoms with E-state index in [0.717, 1.165) is 54.4 Å². The molecular weight excluding hydrogens is 364 g/mol. The summed E-state index contributed by atoms with van der Waals surface area (Å²) in [6.45, 7) is 2.49. The Labute approximate surface area is 170 Å². The lowest BCUT2D eigenvalue weighted by atomic mass is 10.1. The number of hydrogen-bond donors (Lipinski definition) is 0. The van der Waals surface area contributed by atoms with Crippen molar-refractivity contribution in [2.24, 2.45) is 5.92 Å².